The number of nitrogens with one attached hydrogen (secondary N) is 1. The first-order chi connectivity index (χ1) is 11.0. The Morgan fingerprint density at radius 1 is 1.48 bits per heavy atom. The predicted octanol–water partition coefficient (Wildman–Crippen LogP) is 2.79. The maximum absolute atomic E-state index is 11.6. The zero-order chi connectivity index (χ0) is 16.8. The fourth-order valence-corrected chi connectivity index (χ4v) is 1.95. The summed E-state index contributed by atoms with van der Waals surface area (Å²) in [4.78, 5) is 22.0. The van der Waals surface area contributed by atoms with Crippen LogP contribution in [0.1, 0.15) is 11.3 Å². The molecule has 0 aliphatic heterocycles. The Labute approximate surface area is 139 Å². The molecule has 1 heterocycles. The molecule has 0 fully saturated rings. The normalized spacial score (nSPS) is 10.7. The van der Waals surface area contributed by atoms with Crippen LogP contribution in [0.5, 0.6) is 5.75 Å². The number of carbonyl (C=O) groups is 1. The van der Waals surface area contributed by atoms with E-state index in [4.69, 9.17) is 9.15 Å². The van der Waals surface area contributed by atoms with Crippen LogP contribution in [0.2, 0.25) is 0 Å². The highest BCUT2D eigenvalue weighted by molar-refractivity contribution is 9.10. The van der Waals surface area contributed by atoms with Gasteiger partial charge in [0, 0.05) is 6.07 Å². The van der Waals surface area contributed by atoms with Crippen molar-refractivity contribution in [2.45, 2.75) is 6.92 Å². The minimum Gasteiger partial charge on any atom is -0.477 e. The molecule has 1 N–H and O–H groups in total. The second kappa shape index (κ2) is 7.54. The quantitative estimate of drug-likeness (QED) is 0.470. The molecule has 0 radical (unpaired) electrons. The highest BCUT2D eigenvalue weighted by Crippen LogP contribution is 2.27. The lowest BCUT2D eigenvalue weighted by Crippen LogP contribution is -2.24. The van der Waals surface area contributed by atoms with Gasteiger partial charge in [-0.1, -0.05) is 6.07 Å². The van der Waals surface area contributed by atoms with Gasteiger partial charge in [0.1, 0.15) is 5.76 Å². The van der Waals surface area contributed by atoms with Crippen LogP contribution >= 0.6 is 15.9 Å². The molecule has 23 heavy (non-hydrogen) atoms. The van der Waals surface area contributed by atoms with E-state index in [0.717, 1.165) is 5.56 Å². The van der Waals surface area contributed by atoms with Crippen LogP contribution in [0.3, 0.4) is 0 Å². The Morgan fingerprint density at radius 2 is 2.26 bits per heavy atom. The number of nitrogens with zero attached hydrogens (tertiary/aromatic N) is 2. The molecule has 0 atom stereocenters. The largest absolute Gasteiger partial charge is 0.477 e. The summed E-state index contributed by atoms with van der Waals surface area (Å²) in [5.41, 5.74) is 2.76. The second-order valence-corrected chi connectivity index (χ2v) is 5.23. The standard InChI is InChI=1S/C14H12BrN3O5/c1-9-2-4-12(11(6-9)18(20)21)22-8-14(19)17-16-7-10-3-5-13(15)23-10/h2-7H,8H2,1H3,(H,17,19)/b16-7-. The highest BCUT2D eigenvalue weighted by Gasteiger charge is 2.16. The third-order valence-electron chi connectivity index (χ3n) is 2.64. The van der Waals surface area contributed by atoms with E-state index >= 15 is 0 Å². The lowest BCUT2D eigenvalue weighted by Gasteiger charge is -2.06. The van der Waals surface area contributed by atoms with Crippen LogP contribution in [0.15, 0.2) is 44.5 Å². The van der Waals surface area contributed by atoms with E-state index in [1.165, 1.54) is 18.3 Å². The summed E-state index contributed by atoms with van der Waals surface area (Å²) in [6.07, 6.45) is 1.32. The molecule has 0 spiro atoms. The van der Waals surface area contributed by atoms with E-state index in [9.17, 15) is 14.9 Å². The fourth-order valence-electron chi connectivity index (χ4n) is 1.63. The number of hydrogen-bond donors (Lipinski definition) is 1. The number of benzene rings is 1. The van der Waals surface area contributed by atoms with Gasteiger partial charge in [-0.15, -0.1) is 0 Å². The summed E-state index contributed by atoms with van der Waals surface area (Å²) in [5, 5.41) is 14.6. The molecule has 1 aromatic carbocycles. The van der Waals surface area contributed by atoms with Gasteiger partial charge >= 0.3 is 5.69 Å². The number of amides is 1. The summed E-state index contributed by atoms with van der Waals surface area (Å²) in [6, 6.07) is 7.83. The van der Waals surface area contributed by atoms with Crippen molar-refractivity contribution in [2.75, 3.05) is 6.61 Å². The van der Waals surface area contributed by atoms with Crippen LogP contribution in [-0.2, 0) is 4.79 Å². The molecule has 9 heteroatoms. The summed E-state index contributed by atoms with van der Waals surface area (Å²) in [5.74, 6) is -0.0799. The van der Waals surface area contributed by atoms with Gasteiger partial charge in [0.2, 0.25) is 0 Å². The number of aryl methyl sites for hydroxylation is 1. The number of halogens is 1. The van der Waals surface area contributed by atoms with Gasteiger partial charge in [-0.2, -0.15) is 5.10 Å². The fraction of sp³-hybridized carbons (Fsp3) is 0.143. The molecule has 0 unspecified atom stereocenters. The molecule has 0 bridgehead atoms. The van der Waals surface area contributed by atoms with Gasteiger partial charge in [-0.3, -0.25) is 14.9 Å². The van der Waals surface area contributed by atoms with Gasteiger partial charge in [0.15, 0.2) is 17.0 Å². The average Bonchev–Trinajstić information content (AvgIpc) is 2.91. The number of nitro groups is 1. The third kappa shape index (κ3) is 4.92. The zero-order valence-electron chi connectivity index (χ0n) is 12.0. The van der Waals surface area contributed by atoms with E-state index in [2.05, 4.69) is 26.5 Å². The maximum atomic E-state index is 11.6. The minimum absolute atomic E-state index is 0.0229. The summed E-state index contributed by atoms with van der Waals surface area (Å²) in [7, 11) is 0. The number of ether oxygens (including phenoxy) is 1. The van der Waals surface area contributed by atoms with E-state index in [0.29, 0.717) is 10.4 Å². The van der Waals surface area contributed by atoms with Crippen LogP contribution < -0.4 is 10.2 Å². The van der Waals surface area contributed by atoms with E-state index in [-0.39, 0.29) is 11.4 Å². The molecule has 0 saturated carbocycles. The van der Waals surface area contributed by atoms with Crippen molar-refractivity contribution in [3.63, 3.8) is 0 Å². The van der Waals surface area contributed by atoms with Crippen molar-refractivity contribution in [1.82, 2.24) is 5.43 Å². The Morgan fingerprint density at radius 3 is 2.91 bits per heavy atom. The highest BCUT2D eigenvalue weighted by atomic mass is 79.9. The Hall–Kier alpha value is -2.68. The molecule has 2 rings (SSSR count). The van der Waals surface area contributed by atoms with Crippen molar-refractivity contribution in [3.05, 3.63) is 56.4 Å². The molecule has 120 valence electrons. The van der Waals surface area contributed by atoms with Gasteiger partial charge in [0.05, 0.1) is 11.1 Å². The molecule has 0 aliphatic rings. The van der Waals surface area contributed by atoms with Crippen LogP contribution in [0, 0.1) is 17.0 Å². The number of hydrogen-bond acceptors (Lipinski definition) is 6. The van der Waals surface area contributed by atoms with E-state index in [1.807, 2.05) is 0 Å². The SMILES string of the molecule is Cc1ccc(OCC(=O)N/N=C\c2ccc(Br)o2)c([N+](=O)[O-])c1. The smallest absolute Gasteiger partial charge is 0.311 e. The number of nitro benzene ring substituents is 1. The molecular weight excluding hydrogens is 370 g/mol. The summed E-state index contributed by atoms with van der Waals surface area (Å²) >= 11 is 3.14. The molecule has 8 nitrogen and oxygen atoms in total. The Bertz CT molecular complexity index is 757. The number of hydrazone groups is 1. The van der Waals surface area contributed by atoms with Crippen molar-refractivity contribution < 1.29 is 18.9 Å². The average molecular weight is 382 g/mol. The number of carbonyl (C=O) groups excluding carboxylic acids is 1. The first-order valence-electron chi connectivity index (χ1n) is 6.41. The topological polar surface area (TPSA) is 107 Å². The van der Waals surface area contributed by atoms with Gasteiger partial charge < -0.3 is 9.15 Å². The lowest BCUT2D eigenvalue weighted by atomic mass is 10.2. The lowest BCUT2D eigenvalue weighted by molar-refractivity contribution is -0.385. The van der Waals surface area contributed by atoms with Crippen molar-refractivity contribution in [2.24, 2.45) is 5.10 Å². The van der Waals surface area contributed by atoms with Crippen LogP contribution in [0.25, 0.3) is 0 Å². The Balaban J connectivity index is 1.89. The molecular formula is C14H12BrN3O5. The summed E-state index contributed by atoms with van der Waals surface area (Å²) < 4.78 is 10.9. The first kappa shape index (κ1) is 16.7. The first-order valence-corrected chi connectivity index (χ1v) is 7.20. The minimum atomic E-state index is -0.562. The van der Waals surface area contributed by atoms with Gasteiger partial charge in [0.25, 0.3) is 5.91 Å². The van der Waals surface area contributed by atoms with Crippen molar-refractivity contribution >= 4 is 33.7 Å². The molecule has 1 amide bonds. The van der Waals surface area contributed by atoms with Crippen LogP contribution in [-0.4, -0.2) is 23.7 Å². The zero-order valence-corrected chi connectivity index (χ0v) is 13.6. The van der Waals surface area contributed by atoms with E-state index < -0.39 is 17.4 Å². The molecule has 2 aromatic rings. The predicted molar refractivity (Wildman–Crippen MR) is 85.5 cm³/mol. The third-order valence-corrected chi connectivity index (χ3v) is 3.07. The van der Waals surface area contributed by atoms with Crippen molar-refractivity contribution in [1.29, 1.82) is 0 Å². The molecule has 0 saturated heterocycles. The van der Waals surface area contributed by atoms with Gasteiger partial charge in [-0.25, -0.2) is 5.43 Å². The second-order valence-electron chi connectivity index (χ2n) is 4.45. The number of furan rings is 1. The molecule has 0 aliphatic carbocycles. The van der Waals surface area contributed by atoms with Crippen molar-refractivity contribution in [3.8, 4) is 5.75 Å². The van der Waals surface area contributed by atoms with Crippen LogP contribution in [0.4, 0.5) is 5.69 Å². The number of rotatable bonds is 6. The monoisotopic (exact) mass is 381 g/mol. The van der Waals surface area contributed by atoms with E-state index in [1.54, 1.807) is 25.1 Å². The maximum Gasteiger partial charge on any atom is 0.311 e. The molecule has 1 aromatic heterocycles. The van der Waals surface area contributed by atoms with Gasteiger partial charge in [-0.05, 0) is 46.6 Å². The Kier molecular flexibility index (Phi) is 5.47. The summed E-state index contributed by atoms with van der Waals surface area (Å²) in [6.45, 7) is 1.33.